The monoisotopic (exact) mass is 989 g/mol. The van der Waals surface area contributed by atoms with Crippen molar-refractivity contribution in [2.24, 2.45) is 0 Å². The third kappa shape index (κ3) is 21.6. The first-order valence-corrected chi connectivity index (χ1v) is 22.6. The van der Waals surface area contributed by atoms with Crippen LogP contribution >= 0.6 is 0 Å². The molecule has 0 unspecified atom stereocenters. The van der Waals surface area contributed by atoms with Crippen LogP contribution in [-0.4, -0.2) is 200 Å². The van der Waals surface area contributed by atoms with Gasteiger partial charge in [-0.15, -0.1) is 0 Å². The van der Waals surface area contributed by atoms with Gasteiger partial charge in [-0.3, -0.25) is 33.7 Å². The van der Waals surface area contributed by atoms with E-state index in [0.717, 1.165) is 29.2 Å². The highest BCUT2D eigenvalue weighted by molar-refractivity contribution is 6.13. The summed E-state index contributed by atoms with van der Waals surface area (Å²) in [6, 6.07) is 3.46. The molecule has 1 fully saturated rings. The lowest BCUT2D eigenvalue weighted by atomic mass is 9.88. The lowest BCUT2D eigenvalue weighted by Gasteiger charge is -2.46. The molecule has 2 aliphatic heterocycles. The second kappa shape index (κ2) is 31.9. The van der Waals surface area contributed by atoms with Crippen molar-refractivity contribution in [2.45, 2.75) is 94.0 Å². The minimum absolute atomic E-state index is 0.00400. The number of carbonyl (C=O) groups is 7. The van der Waals surface area contributed by atoms with Crippen LogP contribution in [-0.2, 0) is 68.4 Å². The summed E-state index contributed by atoms with van der Waals surface area (Å²) in [6.07, 6.45) is -6.59. The molecule has 0 bridgehead atoms. The molecule has 2 heterocycles. The van der Waals surface area contributed by atoms with Crippen LogP contribution in [0.15, 0.2) is 36.4 Å². The quantitative estimate of drug-likeness (QED) is 0.0259. The highest BCUT2D eigenvalue weighted by atomic mass is 19.3. The number of carboxylic acid groups (broad SMARTS) is 1. The molecule has 6 amide bonds. The van der Waals surface area contributed by atoms with Crippen LogP contribution in [0.3, 0.4) is 0 Å². The molecule has 69 heavy (non-hydrogen) atoms. The maximum absolute atomic E-state index is 12.9. The first kappa shape index (κ1) is 58.2. The number of alkyl halides is 2. The van der Waals surface area contributed by atoms with E-state index in [1.807, 2.05) is 0 Å². The minimum Gasteiger partial charge on any atom is -0.477 e. The molecule has 0 aromatic heterocycles. The lowest BCUT2D eigenvalue weighted by molar-refractivity contribution is -0.310. The maximum Gasteiger partial charge on any atom is 0.364 e. The third-order valence-electron chi connectivity index (χ3n) is 10.6. The highest BCUT2D eigenvalue weighted by Crippen LogP contribution is 2.34. The Balaban J connectivity index is 1.22. The Bertz CT molecular complexity index is 1800. The molecule has 25 heteroatoms. The smallest absolute Gasteiger partial charge is 0.364 e. The summed E-state index contributed by atoms with van der Waals surface area (Å²) >= 11 is 0. The zero-order valence-corrected chi connectivity index (χ0v) is 38.2. The number of hydrogen-bond acceptors (Lipinski definition) is 17. The van der Waals surface area contributed by atoms with E-state index in [1.54, 1.807) is 0 Å². The molecule has 1 aromatic carbocycles. The van der Waals surface area contributed by atoms with Gasteiger partial charge in [-0.25, -0.2) is 13.6 Å². The number of nitrogens with one attached hydrogen (secondary N) is 4. The van der Waals surface area contributed by atoms with Gasteiger partial charge in [0.25, 0.3) is 24.0 Å². The SMILES string of the molecule is O=C(CCCCCCO[C@]1(C(=O)O)C[C@H](O)[C@@H](NC(=O)CO)[C@H]([C@H](O)[C@H](O)CNC(=O)Cc2ccc(C(F)F)cc2)O1)NCCOCCOCCOCCOCCNC(=O)CCN1C(=O)C=CC1=O. The van der Waals surface area contributed by atoms with Gasteiger partial charge >= 0.3 is 5.97 Å². The highest BCUT2D eigenvalue weighted by Gasteiger charge is 2.55. The van der Waals surface area contributed by atoms with E-state index < -0.39 is 91.8 Å². The average Bonchev–Trinajstić information content (AvgIpc) is 3.65. The number of hydrogen-bond donors (Lipinski definition) is 9. The number of carboxylic acids is 1. The fourth-order valence-corrected chi connectivity index (χ4v) is 6.84. The molecule has 388 valence electrons. The van der Waals surface area contributed by atoms with Crippen molar-refractivity contribution in [3.8, 4) is 0 Å². The van der Waals surface area contributed by atoms with Crippen molar-refractivity contribution in [1.29, 1.82) is 0 Å². The number of nitrogens with zero attached hydrogens (tertiary/aromatic N) is 1. The van der Waals surface area contributed by atoms with Gasteiger partial charge in [0.1, 0.15) is 18.8 Å². The Morgan fingerprint density at radius 2 is 1.29 bits per heavy atom. The van der Waals surface area contributed by atoms with Crippen molar-refractivity contribution < 1.29 is 96.3 Å². The Hall–Kier alpha value is -5.09. The summed E-state index contributed by atoms with van der Waals surface area (Å²) in [7, 11) is 0. The minimum atomic E-state index is -2.69. The van der Waals surface area contributed by atoms with Gasteiger partial charge in [0.15, 0.2) is 0 Å². The topological polar surface area (TPSA) is 327 Å². The third-order valence-corrected chi connectivity index (χ3v) is 10.6. The summed E-state index contributed by atoms with van der Waals surface area (Å²) in [5.74, 6) is -7.22. The Morgan fingerprint density at radius 1 is 0.739 bits per heavy atom. The Labute approximate surface area is 397 Å². The molecule has 6 atom stereocenters. The molecule has 1 aromatic rings. The van der Waals surface area contributed by atoms with E-state index in [9.17, 15) is 67.9 Å². The largest absolute Gasteiger partial charge is 0.477 e. The number of aliphatic hydroxyl groups excluding tert-OH is 4. The number of halogens is 2. The molecular weight excluding hydrogens is 924 g/mol. The molecule has 9 N–H and O–H groups in total. The van der Waals surface area contributed by atoms with Crippen LogP contribution in [0.4, 0.5) is 8.78 Å². The number of benzene rings is 1. The van der Waals surface area contributed by atoms with E-state index in [0.29, 0.717) is 70.9 Å². The summed E-state index contributed by atoms with van der Waals surface area (Å²) < 4.78 is 58.7. The van der Waals surface area contributed by atoms with Crippen molar-refractivity contribution in [2.75, 3.05) is 92.2 Å². The number of amides is 6. The molecule has 0 spiro atoms. The molecule has 0 aliphatic carbocycles. The molecule has 23 nitrogen and oxygen atoms in total. The van der Waals surface area contributed by atoms with Crippen LogP contribution < -0.4 is 21.3 Å². The van der Waals surface area contributed by atoms with Crippen molar-refractivity contribution in [3.63, 3.8) is 0 Å². The van der Waals surface area contributed by atoms with Crippen molar-refractivity contribution >= 4 is 41.4 Å². The molecule has 0 saturated carbocycles. The number of unbranched alkanes of at least 4 members (excludes halogenated alkanes) is 3. The van der Waals surface area contributed by atoms with Crippen LogP contribution in [0.1, 0.15) is 62.5 Å². The number of rotatable bonds is 36. The van der Waals surface area contributed by atoms with E-state index in [1.165, 1.54) is 12.1 Å². The van der Waals surface area contributed by atoms with Crippen LogP contribution in [0.5, 0.6) is 0 Å². The summed E-state index contributed by atoms with van der Waals surface area (Å²) in [4.78, 5) is 85.2. The van der Waals surface area contributed by atoms with Gasteiger partial charge in [-0.1, -0.05) is 37.1 Å². The molecular formula is C44H65F2N5O18. The van der Waals surface area contributed by atoms with E-state index >= 15 is 0 Å². The van der Waals surface area contributed by atoms with Gasteiger partial charge in [-0.05, 0) is 18.4 Å². The normalized spacial score (nSPS) is 19.9. The summed E-state index contributed by atoms with van der Waals surface area (Å²) in [5, 5.41) is 62.3. The van der Waals surface area contributed by atoms with Crippen LogP contribution in [0, 0.1) is 0 Å². The Kier molecular flexibility index (Phi) is 26.9. The predicted molar refractivity (Wildman–Crippen MR) is 234 cm³/mol. The first-order chi connectivity index (χ1) is 33.1. The average molecular weight is 990 g/mol. The number of carbonyl (C=O) groups excluding carboxylic acids is 6. The molecule has 1 saturated heterocycles. The summed E-state index contributed by atoms with van der Waals surface area (Å²) in [5.41, 5.74) is 0.151. The van der Waals surface area contributed by atoms with Gasteiger partial charge in [-0.2, -0.15) is 0 Å². The predicted octanol–water partition coefficient (Wildman–Crippen LogP) is -2.01. The summed E-state index contributed by atoms with van der Waals surface area (Å²) in [6.45, 7) is 1.22. The van der Waals surface area contributed by atoms with Gasteiger partial charge in [0.05, 0.1) is 84.1 Å². The van der Waals surface area contributed by atoms with Crippen LogP contribution in [0.25, 0.3) is 0 Å². The number of aliphatic carboxylic acids is 1. The van der Waals surface area contributed by atoms with Gasteiger partial charge in [0.2, 0.25) is 23.6 Å². The number of ether oxygens (including phenoxy) is 6. The fourth-order valence-electron chi connectivity index (χ4n) is 6.84. The maximum atomic E-state index is 12.9. The first-order valence-electron chi connectivity index (χ1n) is 22.6. The van der Waals surface area contributed by atoms with E-state index in [-0.39, 0.29) is 76.1 Å². The lowest BCUT2D eigenvalue weighted by Crippen LogP contribution is -2.68. The van der Waals surface area contributed by atoms with Gasteiger partial charge in [0, 0.05) is 63.2 Å². The Morgan fingerprint density at radius 3 is 1.84 bits per heavy atom. The van der Waals surface area contributed by atoms with Gasteiger partial charge < -0.3 is 75.2 Å². The standard InChI is InChI=1S/C44H65F2N5O18/c45-42(46)30-8-6-29(7-9-30)25-35(57)49-27-32(54)40(61)41-39(50-36(58)28-52)31(53)26-44(69-41,43(62)63)68-16-4-2-1-3-5-33(55)47-13-17-64-19-21-66-23-24-67-22-20-65-18-14-48-34(56)12-15-51-37(59)10-11-38(51)60/h6-11,31-32,39-42,52-54,61H,1-5,12-28H2,(H,47,55)(H,48,56)(H,49,57)(H,50,58)(H,62,63)/t31-,32+,39+,40+,41+,44+/m0/s1. The second-order valence-corrected chi connectivity index (χ2v) is 15.8. The fraction of sp³-hybridized carbons (Fsp3) is 0.659. The molecule has 0 radical (unpaired) electrons. The van der Waals surface area contributed by atoms with Crippen molar-refractivity contribution in [1.82, 2.24) is 26.2 Å². The number of imide groups is 1. The zero-order valence-electron chi connectivity index (χ0n) is 38.2. The van der Waals surface area contributed by atoms with Crippen molar-refractivity contribution in [3.05, 3.63) is 47.5 Å². The molecule has 3 rings (SSSR count). The number of aliphatic hydroxyl groups is 4. The second-order valence-electron chi connectivity index (χ2n) is 15.8. The zero-order chi connectivity index (χ0) is 50.6. The van der Waals surface area contributed by atoms with Crippen LogP contribution in [0.2, 0.25) is 0 Å². The molecule has 2 aliphatic rings. The van der Waals surface area contributed by atoms with E-state index in [2.05, 4.69) is 21.3 Å². The van der Waals surface area contributed by atoms with E-state index in [4.69, 9.17) is 28.4 Å².